The highest BCUT2D eigenvalue weighted by Gasteiger charge is 2.15. The Morgan fingerprint density at radius 2 is 1.80 bits per heavy atom. The molecule has 0 spiro atoms. The number of halogens is 3. The smallest absolute Gasteiger partial charge is 0.0525 e. The molecule has 0 aliphatic rings. The molecule has 0 aromatic heterocycles. The Kier molecular flexibility index (Phi) is 5.36. The van der Waals surface area contributed by atoms with Gasteiger partial charge in [-0.3, -0.25) is 0 Å². The van der Waals surface area contributed by atoms with Crippen LogP contribution in [0.15, 0.2) is 42.5 Å². The standard InChI is InChI=1S/C16H16BrCl2N/c1-11(14-5-3-4-6-15(14)18)20(2)13-8-7-12(10-17)16(19)9-13/h3-9,11H,10H2,1-2H3. The van der Waals surface area contributed by atoms with E-state index < -0.39 is 0 Å². The van der Waals surface area contributed by atoms with Crippen LogP contribution in [0.5, 0.6) is 0 Å². The number of rotatable bonds is 4. The summed E-state index contributed by atoms with van der Waals surface area (Å²) < 4.78 is 0. The second-order valence-electron chi connectivity index (χ2n) is 4.72. The molecule has 1 nitrogen and oxygen atoms in total. The number of anilines is 1. The van der Waals surface area contributed by atoms with Crippen molar-refractivity contribution >= 4 is 44.8 Å². The van der Waals surface area contributed by atoms with Crippen molar-refractivity contribution in [3.8, 4) is 0 Å². The average Bonchev–Trinajstić information content (AvgIpc) is 2.46. The van der Waals surface area contributed by atoms with Crippen LogP contribution in [-0.2, 0) is 5.33 Å². The van der Waals surface area contributed by atoms with Gasteiger partial charge in [-0.1, -0.05) is 63.4 Å². The maximum Gasteiger partial charge on any atom is 0.0525 e. The van der Waals surface area contributed by atoms with Crippen LogP contribution in [0.4, 0.5) is 5.69 Å². The van der Waals surface area contributed by atoms with Gasteiger partial charge in [0.05, 0.1) is 6.04 Å². The summed E-state index contributed by atoms with van der Waals surface area (Å²) in [5.41, 5.74) is 3.28. The van der Waals surface area contributed by atoms with E-state index in [9.17, 15) is 0 Å². The fraction of sp³-hybridized carbons (Fsp3) is 0.250. The number of nitrogens with zero attached hydrogens (tertiary/aromatic N) is 1. The highest BCUT2D eigenvalue weighted by atomic mass is 79.9. The quantitative estimate of drug-likeness (QED) is 0.587. The summed E-state index contributed by atoms with van der Waals surface area (Å²) in [6, 6.07) is 14.2. The molecule has 0 bridgehead atoms. The van der Waals surface area contributed by atoms with Gasteiger partial charge in [0.1, 0.15) is 0 Å². The van der Waals surface area contributed by atoms with Crippen LogP contribution in [0.1, 0.15) is 24.1 Å². The number of benzene rings is 2. The van der Waals surface area contributed by atoms with Gasteiger partial charge in [0, 0.05) is 28.1 Å². The van der Waals surface area contributed by atoms with Crippen LogP contribution in [0.2, 0.25) is 10.0 Å². The monoisotopic (exact) mass is 371 g/mol. The van der Waals surface area contributed by atoms with Crippen LogP contribution in [0, 0.1) is 0 Å². The lowest BCUT2D eigenvalue weighted by Crippen LogP contribution is -2.21. The highest BCUT2D eigenvalue weighted by Crippen LogP contribution is 2.32. The Bertz CT molecular complexity index is 601. The normalized spacial score (nSPS) is 12.2. The molecule has 0 radical (unpaired) electrons. The summed E-state index contributed by atoms with van der Waals surface area (Å²) in [5.74, 6) is 0. The molecule has 0 aliphatic carbocycles. The molecular weight excluding hydrogens is 357 g/mol. The van der Waals surface area contributed by atoms with Gasteiger partial charge in [-0.05, 0) is 36.2 Å². The van der Waals surface area contributed by atoms with Crippen LogP contribution < -0.4 is 4.90 Å². The van der Waals surface area contributed by atoms with Crippen molar-refractivity contribution in [2.45, 2.75) is 18.3 Å². The first-order chi connectivity index (χ1) is 9.54. The first-order valence-corrected chi connectivity index (χ1v) is 8.24. The summed E-state index contributed by atoms with van der Waals surface area (Å²) in [6.45, 7) is 2.13. The maximum atomic E-state index is 6.27. The molecule has 0 fully saturated rings. The van der Waals surface area contributed by atoms with Gasteiger partial charge in [0.15, 0.2) is 0 Å². The summed E-state index contributed by atoms with van der Waals surface area (Å²) >= 11 is 16.0. The second kappa shape index (κ2) is 6.84. The lowest BCUT2D eigenvalue weighted by atomic mass is 10.1. The Hall–Kier alpha value is -0.700. The molecule has 20 heavy (non-hydrogen) atoms. The zero-order valence-electron chi connectivity index (χ0n) is 11.4. The molecule has 2 rings (SSSR count). The van der Waals surface area contributed by atoms with Crippen molar-refractivity contribution in [1.82, 2.24) is 0 Å². The summed E-state index contributed by atoms with van der Waals surface area (Å²) in [6.07, 6.45) is 0. The summed E-state index contributed by atoms with van der Waals surface area (Å²) in [7, 11) is 2.05. The molecule has 0 heterocycles. The molecule has 2 aromatic carbocycles. The maximum absolute atomic E-state index is 6.27. The van der Waals surface area contributed by atoms with Crippen LogP contribution >= 0.6 is 39.1 Å². The zero-order valence-corrected chi connectivity index (χ0v) is 14.5. The topological polar surface area (TPSA) is 3.24 Å². The first-order valence-electron chi connectivity index (χ1n) is 6.36. The molecule has 2 aromatic rings. The molecule has 0 N–H and O–H groups in total. The molecular formula is C16H16BrCl2N. The van der Waals surface area contributed by atoms with Crippen molar-refractivity contribution < 1.29 is 0 Å². The van der Waals surface area contributed by atoms with E-state index in [0.717, 1.165) is 32.2 Å². The van der Waals surface area contributed by atoms with E-state index in [1.165, 1.54) is 0 Å². The van der Waals surface area contributed by atoms with Crippen LogP contribution in [0.25, 0.3) is 0 Å². The van der Waals surface area contributed by atoms with Gasteiger partial charge in [-0.2, -0.15) is 0 Å². The molecule has 106 valence electrons. The molecule has 4 heteroatoms. The lowest BCUT2D eigenvalue weighted by Gasteiger charge is -2.28. The first kappa shape index (κ1) is 15.7. The Morgan fingerprint density at radius 1 is 1.10 bits per heavy atom. The molecule has 0 saturated heterocycles. The number of hydrogen-bond donors (Lipinski definition) is 0. The molecule has 0 aliphatic heterocycles. The summed E-state index contributed by atoms with van der Waals surface area (Å²) in [5, 5.41) is 2.32. The fourth-order valence-electron chi connectivity index (χ4n) is 2.11. The number of alkyl halides is 1. The minimum absolute atomic E-state index is 0.176. The molecule has 1 unspecified atom stereocenters. The Labute approximate surface area is 138 Å². The van der Waals surface area contributed by atoms with Gasteiger partial charge in [0.2, 0.25) is 0 Å². The second-order valence-corrected chi connectivity index (χ2v) is 6.09. The van der Waals surface area contributed by atoms with Crippen LogP contribution in [-0.4, -0.2) is 7.05 Å². The van der Waals surface area contributed by atoms with Crippen molar-refractivity contribution in [1.29, 1.82) is 0 Å². The van der Waals surface area contributed by atoms with Gasteiger partial charge < -0.3 is 4.90 Å². The van der Waals surface area contributed by atoms with E-state index in [4.69, 9.17) is 23.2 Å². The molecule has 0 saturated carbocycles. The van der Waals surface area contributed by atoms with Crippen molar-refractivity contribution in [3.63, 3.8) is 0 Å². The molecule has 0 amide bonds. The Morgan fingerprint density at radius 3 is 2.40 bits per heavy atom. The predicted octanol–water partition coefficient (Wildman–Crippen LogP) is 6.09. The van der Waals surface area contributed by atoms with Gasteiger partial charge >= 0.3 is 0 Å². The third-order valence-corrected chi connectivity index (χ3v) is 4.82. The third kappa shape index (κ3) is 3.30. The highest BCUT2D eigenvalue weighted by molar-refractivity contribution is 9.08. The van der Waals surface area contributed by atoms with E-state index in [1.807, 2.05) is 37.4 Å². The lowest BCUT2D eigenvalue weighted by molar-refractivity contribution is 0.740. The van der Waals surface area contributed by atoms with E-state index in [2.05, 4.69) is 39.9 Å². The van der Waals surface area contributed by atoms with Crippen molar-refractivity contribution in [3.05, 3.63) is 63.6 Å². The SMILES string of the molecule is CC(c1ccccc1Cl)N(C)c1ccc(CBr)c(Cl)c1. The largest absolute Gasteiger partial charge is 0.368 e. The van der Waals surface area contributed by atoms with Gasteiger partial charge in [0.25, 0.3) is 0 Å². The minimum Gasteiger partial charge on any atom is -0.368 e. The number of hydrogen-bond acceptors (Lipinski definition) is 1. The van der Waals surface area contributed by atoms with E-state index in [1.54, 1.807) is 0 Å². The average molecular weight is 373 g/mol. The fourth-order valence-corrected chi connectivity index (χ4v) is 3.30. The van der Waals surface area contributed by atoms with Gasteiger partial charge in [-0.25, -0.2) is 0 Å². The minimum atomic E-state index is 0.176. The Balaban J connectivity index is 2.29. The zero-order chi connectivity index (χ0) is 14.7. The summed E-state index contributed by atoms with van der Waals surface area (Å²) in [4.78, 5) is 2.17. The van der Waals surface area contributed by atoms with E-state index >= 15 is 0 Å². The van der Waals surface area contributed by atoms with Crippen molar-refractivity contribution in [2.75, 3.05) is 11.9 Å². The van der Waals surface area contributed by atoms with Gasteiger partial charge in [-0.15, -0.1) is 0 Å². The van der Waals surface area contributed by atoms with E-state index in [0.29, 0.717) is 0 Å². The van der Waals surface area contributed by atoms with Crippen molar-refractivity contribution in [2.24, 2.45) is 0 Å². The van der Waals surface area contributed by atoms with E-state index in [-0.39, 0.29) is 6.04 Å². The predicted molar refractivity (Wildman–Crippen MR) is 92.4 cm³/mol. The molecule has 1 atom stereocenters. The van der Waals surface area contributed by atoms with Crippen LogP contribution in [0.3, 0.4) is 0 Å². The third-order valence-electron chi connectivity index (χ3n) is 3.52.